The fourth-order valence-corrected chi connectivity index (χ4v) is 3.93. The Labute approximate surface area is 196 Å². The van der Waals surface area contributed by atoms with E-state index in [1.807, 2.05) is 24.3 Å². The van der Waals surface area contributed by atoms with Crippen LogP contribution in [0.15, 0.2) is 71.1 Å². The van der Waals surface area contributed by atoms with Crippen LogP contribution < -0.4 is 10.6 Å². The highest BCUT2D eigenvalue weighted by Crippen LogP contribution is 2.33. The molecule has 1 aliphatic carbocycles. The standard InChI is InChI=1S/C28H34N2O3/c1-17(2)20-7-11-22(12-8-20)29-26-16-25(28(32)33-6)27(15-24(26)19(5)31)30-23-13-9-21(10-14-23)18(3)4/h7-14,17-18,29-30H,15-16H2,1-6H3. The van der Waals surface area contributed by atoms with E-state index < -0.39 is 5.97 Å². The number of hydrogen-bond acceptors (Lipinski definition) is 5. The predicted molar refractivity (Wildman–Crippen MR) is 134 cm³/mol. The lowest BCUT2D eigenvalue weighted by Gasteiger charge is -2.26. The molecule has 0 fully saturated rings. The quantitative estimate of drug-likeness (QED) is 0.452. The highest BCUT2D eigenvalue weighted by atomic mass is 16.5. The van der Waals surface area contributed by atoms with E-state index in [0.29, 0.717) is 41.5 Å². The summed E-state index contributed by atoms with van der Waals surface area (Å²) >= 11 is 0. The van der Waals surface area contributed by atoms with Gasteiger partial charge in [0.25, 0.3) is 0 Å². The molecule has 0 amide bonds. The summed E-state index contributed by atoms with van der Waals surface area (Å²) in [6.07, 6.45) is 0.623. The van der Waals surface area contributed by atoms with Crippen molar-refractivity contribution >= 4 is 23.1 Å². The average Bonchev–Trinajstić information content (AvgIpc) is 2.79. The molecule has 0 saturated carbocycles. The molecule has 0 radical (unpaired) electrons. The predicted octanol–water partition coefficient (Wildman–Crippen LogP) is 6.52. The maximum Gasteiger partial charge on any atom is 0.335 e. The lowest BCUT2D eigenvalue weighted by molar-refractivity contribution is -0.136. The van der Waals surface area contributed by atoms with Crippen LogP contribution in [0.5, 0.6) is 0 Å². The molecule has 0 unspecified atom stereocenters. The highest BCUT2D eigenvalue weighted by molar-refractivity contribution is 5.98. The molecule has 0 spiro atoms. The normalized spacial score (nSPS) is 14.1. The first-order chi connectivity index (χ1) is 15.7. The van der Waals surface area contributed by atoms with Crippen LogP contribution in [-0.4, -0.2) is 18.9 Å². The first-order valence-electron chi connectivity index (χ1n) is 11.5. The molecule has 174 valence electrons. The Morgan fingerprint density at radius 3 is 1.48 bits per heavy atom. The smallest absolute Gasteiger partial charge is 0.335 e. The summed E-state index contributed by atoms with van der Waals surface area (Å²) in [7, 11) is 1.38. The van der Waals surface area contributed by atoms with E-state index in [2.05, 4.69) is 62.6 Å². The molecule has 0 saturated heterocycles. The summed E-state index contributed by atoms with van der Waals surface area (Å²) in [6, 6.07) is 16.3. The Morgan fingerprint density at radius 1 is 0.727 bits per heavy atom. The van der Waals surface area contributed by atoms with Crippen molar-refractivity contribution in [2.45, 2.75) is 59.3 Å². The van der Waals surface area contributed by atoms with Gasteiger partial charge in [-0.05, 0) is 54.2 Å². The number of anilines is 2. The molecule has 2 N–H and O–H groups in total. The Bertz CT molecular complexity index is 1080. The number of ether oxygens (including phenoxy) is 1. The van der Waals surface area contributed by atoms with Gasteiger partial charge in [-0.3, -0.25) is 4.79 Å². The lowest BCUT2D eigenvalue weighted by atomic mass is 9.90. The first kappa shape index (κ1) is 24.3. The van der Waals surface area contributed by atoms with E-state index in [1.54, 1.807) is 6.92 Å². The summed E-state index contributed by atoms with van der Waals surface area (Å²) in [4.78, 5) is 25.2. The van der Waals surface area contributed by atoms with Crippen molar-refractivity contribution in [2.75, 3.05) is 17.7 Å². The summed E-state index contributed by atoms with van der Waals surface area (Å²) in [5, 5.41) is 6.75. The van der Waals surface area contributed by atoms with Crippen LogP contribution in [0.2, 0.25) is 0 Å². The Balaban J connectivity index is 1.90. The van der Waals surface area contributed by atoms with E-state index in [4.69, 9.17) is 4.74 Å². The molecule has 2 aromatic rings. The number of hydrogen-bond donors (Lipinski definition) is 2. The number of benzene rings is 2. The monoisotopic (exact) mass is 446 g/mol. The summed E-state index contributed by atoms with van der Waals surface area (Å²) < 4.78 is 5.07. The fraction of sp³-hybridized carbons (Fsp3) is 0.357. The van der Waals surface area contributed by atoms with Crippen molar-refractivity contribution < 1.29 is 14.3 Å². The highest BCUT2D eigenvalue weighted by Gasteiger charge is 2.28. The Kier molecular flexibility index (Phi) is 7.75. The lowest BCUT2D eigenvalue weighted by Crippen LogP contribution is -2.23. The number of allylic oxidation sites excluding steroid dienone is 2. The number of rotatable bonds is 8. The van der Waals surface area contributed by atoms with E-state index in [0.717, 1.165) is 17.1 Å². The zero-order valence-electron chi connectivity index (χ0n) is 20.4. The topological polar surface area (TPSA) is 67.4 Å². The van der Waals surface area contributed by atoms with Gasteiger partial charge in [-0.1, -0.05) is 52.0 Å². The number of ketones is 1. The molecule has 0 atom stereocenters. The number of carbonyl (C=O) groups excluding carboxylic acids is 2. The van der Waals surface area contributed by atoms with Gasteiger partial charge in [0.1, 0.15) is 0 Å². The van der Waals surface area contributed by atoms with Crippen molar-refractivity contribution in [3.8, 4) is 0 Å². The molecular formula is C28H34N2O3. The van der Waals surface area contributed by atoms with Gasteiger partial charge in [0.15, 0.2) is 5.78 Å². The molecule has 0 bridgehead atoms. The van der Waals surface area contributed by atoms with E-state index >= 15 is 0 Å². The number of esters is 1. The molecule has 0 aromatic heterocycles. The van der Waals surface area contributed by atoms with Gasteiger partial charge < -0.3 is 15.4 Å². The number of Topliss-reactive ketones (excluding diaryl/α,β-unsaturated/α-hetero) is 1. The zero-order valence-corrected chi connectivity index (χ0v) is 20.4. The van der Waals surface area contributed by atoms with Crippen molar-refractivity contribution in [1.29, 1.82) is 0 Å². The van der Waals surface area contributed by atoms with Crippen LogP contribution in [0, 0.1) is 0 Å². The van der Waals surface area contributed by atoms with Gasteiger partial charge >= 0.3 is 5.97 Å². The fourth-order valence-electron chi connectivity index (χ4n) is 3.93. The molecule has 5 heteroatoms. The first-order valence-corrected chi connectivity index (χ1v) is 11.5. The van der Waals surface area contributed by atoms with Gasteiger partial charge in [0.2, 0.25) is 0 Å². The molecule has 1 aliphatic rings. The maximum absolute atomic E-state index is 12.6. The third kappa shape index (κ3) is 5.92. The number of carbonyl (C=O) groups is 2. The maximum atomic E-state index is 12.6. The third-order valence-electron chi connectivity index (χ3n) is 6.04. The molecule has 0 aliphatic heterocycles. The van der Waals surface area contributed by atoms with Gasteiger partial charge in [0, 0.05) is 41.2 Å². The van der Waals surface area contributed by atoms with Crippen LogP contribution >= 0.6 is 0 Å². The minimum atomic E-state index is -0.395. The molecular weight excluding hydrogens is 412 g/mol. The van der Waals surface area contributed by atoms with Crippen LogP contribution in [-0.2, 0) is 14.3 Å². The van der Waals surface area contributed by atoms with Crippen LogP contribution in [0.1, 0.15) is 70.4 Å². The molecule has 5 nitrogen and oxygen atoms in total. The zero-order chi connectivity index (χ0) is 24.1. The molecule has 3 rings (SSSR count). The minimum absolute atomic E-state index is 0.0188. The van der Waals surface area contributed by atoms with Crippen LogP contribution in [0.25, 0.3) is 0 Å². The van der Waals surface area contributed by atoms with Crippen LogP contribution in [0.4, 0.5) is 11.4 Å². The number of methoxy groups -OCH3 is 1. The van der Waals surface area contributed by atoms with Gasteiger partial charge in [0.05, 0.1) is 12.7 Å². The SMILES string of the molecule is COC(=O)C1=C(Nc2ccc(C(C)C)cc2)CC(C(C)=O)=C(Nc2ccc(C(C)C)cc2)C1. The molecule has 2 aromatic carbocycles. The second-order valence-electron chi connectivity index (χ2n) is 9.12. The number of nitrogens with one attached hydrogen (secondary N) is 2. The van der Waals surface area contributed by atoms with E-state index in [1.165, 1.54) is 18.2 Å². The van der Waals surface area contributed by atoms with Crippen molar-refractivity contribution in [3.63, 3.8) is 0 Å². The Morgan fingerprint density at radius 2 is 1.12 bits per heavy atom. The summed E-state index contributed by atoms with van der Waals surface area (Å²) in [5.74, 6) is 0.468. The second-order valence-corrected chi connectivity index (χ2v) is 9.12. The third-order valence-corrected chi connectivity index (χ3v) is 6.04. The van der Waals surface area contributed by atoms with Crippen LogP contribution in [0.3, 0.4) is 0 Å². The van der Waals surface area contributed by atoms with Crippen molar-refractivity contribution in [2.24, 2.45) is 0 Å². The van der Waals surface area contributed by atoms with E-state index in [-0.39, 0.29) is 5.78 Å². The van der Waals surface area contributed by atoms with Gasteiger partial charge in [-0.2, -0.15) is 0 Å². The van der Waals surface area contributed by atoms with Gasteiger partial charge in [-0.25, -0.2) is 4.79 Å². The average molecular weight is 447 g/mol. The Hall–Kier alpha value is -3.34. The minimum Gasteiger partial charge on any atom is -0.466 e. The van der Waals surface area contributed by atoms with Crippen molar-refractivity contribution in [1.82, 2.24) is 0 Å². The van der Waals surface area contributed by atoms with Crippen molar-refractivity contribution in [3.05, 3.63) is 82.2 Å². The van der Waals surface area contributed by atoms with E-state index in [9.17, 15) is 9.59 Å². The second kappa shape index (κ2) is 10.5. The summed E-state index contributed by atoms with van der Waals surface area (Å²) in [5.41, 5.74) is 6.87. The molecule has 0 heterocycles. The molecule has 33 heavy (non-hydrogen) atoms. The largest absolute Gasteiger partial charge is 0.466 e. The summed E-state index contributed by atoms with van der Waals surface area (Å²) in [6.45, 7) is 10.2. The van der Waals surface area contributed by atoms with Gasteiger partial charge in [-0.15, -0.1) is 0 Å².